The normalized spacial score (nSPS) is 11.9. The summed E-state index contributed by atoms with van der Waals surface area (Å²) in [5.74, 6) is -0.786. The standard InChI is InChI=1S/C24H27FN2O4/c1-31-24(30)21(15-17-9-11-18(28)12-10-17)26-23(29)20-16-27(14-6-2-5-13-25)22-8-4-3-7-19(20)22/h3-4,7-12,16,21,28H,2,5-6,13-15H2,1H3,(H,26,29)/t21-/m1/s1. The Labute approximate surface area is 180 Å². The van der Waals surface area contributed by atoms with Crippen molar-refractivity contribution in [3.8, 4) is 5.75 Å². The van der Waals surface area contributed by atoms with Gasteiger partial charge >= 0.3 is 5.97 Å². The molecule has 1 heterocycles. The lowest BCUT2D eigenvalue weighted by molar-refractivity contribution is -0.142. The molecule has 0 saturated carbocycles. The number of benzene rings is 2. The van der Waals surface area contributed by atoms with E-state index in [1.165, 1.54) is 19.2 Å². The van der Waals surface area contributed by atoms with Crippen LogP contribution in [0.4, 0.5) is 4.39 Å². The minimum Gasteiger partial charge on any atom is -0.508 e. The highest BCUT2D eigenvalue weighted by Gasteiger charge is 2.24. The number of phenols is 1. The summed E-state index contributed by atoms with van der Waals surface area (Å²) in [6, 6.07) is 13.2. The quantitative estimate of drug-likeness (QED) is 0.379. The Kier molecular flexibility index (Phi) is 7.65. The molecule has 3 rings (SSSR count). The van der Waals surface area contributed by atoms with Gasteiger partial charge in [0, 0.05) is 30.1 Å². The lowest BCUT2D eigenvalue weighted by atomic mass is 10.0. The van der Waals surface area contributed by atoms with Gasteiger partial charge in [-0.3, -0.25) is 9.18 Å². The molecule has 1 aromatic heterocycles. The lowest BCUT2D eigenvalue weighted by Gasteiger charge is -2.16. The smallest absolute Gasteiger partial charge is 0.328 e. The van der Waals surface area contributed by atoms with Crippen molar-refractivity contribution in [2.75, 3.05) is 13.8 Å². The first kappa shape index (κ1) is 22.3. The first-order valence-corrected chi connectivity index (χ1v) is 10.3. The number of nitrogens with zero attached hydrogens (tertiary/aromatic N) is 1. The molecule has 0 fully saturated rings. The Bertz CT molecular complexity index is 1030. The summed E-state index contributed by atoms with van der Waals surface area (Å²) in [6.45, 7) is 0.359. The molecule has 0 spiro atoms. The molecule has 31 heavy (non-hydrogen) atoms. The number of aryl methyl sites for hydroxylation is 1. The summed E-state index contributed by atoms with van der Waals surface area (Å²) >= 11 is 0. The molecule has 3 aromatic rings. The number of carbonyl (C=O) groups excluding carboxylic acids is 2. The number of fused-ring (bicyclic) bond motifs is 1. The molecule has 7 heteroatoms. The van der Waals surface area contributed by atoms with Gasteiger partial charge in [0.1, 0.15) is 11.8 Å². The molecule has 0 radical (unpaired) electrons. The van der Waals surface area contributed by atoms with Crippen LogP contribution in [0.1, 0.15) is 35.2 Å². The van der Waals surface area contributed by atoms with E-state index < -0.39 is 12.0 Å². The Morgan fingerprint density at radius 1 is 1.10 bits per heavy atom. The van der Waals surface area contributed by atoms with Crippen molar-refractivity contribution in [2.45, 2.75) is 38.3 Å². The van der Waals surface area contributed by atoms with Crippen molar-refractivity contribution in [2.24, 2.45) is 0 Å². The van der Waals surface area contributed by atoms with E-state index >= 15 is 0 Å². The van der Waals surface area contributed by atoms with Crippen molar-refractivity contribution in [3.63, 3.8) is 0 Å². The number of alkyl halides is 1. The average Bonchev–Trinajstić information content (AvgIpc) is 3.16. The minimum absolute atomic E-state index is 0.127. The van der Waals surface area contributed by atoms with Crippen LogP contribution in [0.15, 0.2) is 54.7 Å². The van der Waals surface area contributed by atoms with E-state index in [-0.39, 0.29) is 24.8 Å². The van der Waals surface area contributed by atoms with Crippen LogP contribution in [0.3, 0.4) is 0 Å². The highest BCUT2D eigenvalue weighted by atomic mass is 19.1. The molecule has 0 bridgehead atoms. The van der Waals surface area contributed by atoms with Gasteiger partial charge in [0.2, 0.25) is 0 Å². The van der Waals surface area contributed by atoms with Gasteiger partial charge in [-0.25, -0.2) is 4.79 Å². The Morgan fingerprint density at radius 3 is 2.55 bits per heavy atom. The van der Waals surface area contributed by atoms with E-state index in [4.69, 9.17) is 4.74 Å². The van der Waals surface area contributed by atoms with Crippen LogP contribution in [0.25, 0.3) is 10.9 Å². The maximum atomic E-state index is 13.1. The van der Waals surface area contributed by atoms with E-state index in [0.29, 0.717) is 18.5 Å². The number of para-hydroxylation sites is 1. The number of unbranched alkanes of at least 4 members (excludes halogenated alkanes) is 2. The third-order valence-electron chi connectivity index (χ3n) is 5.23. The van der Waals surface area contributed by atoms with Crippen molar-refractivity contribution in [1.82, 2.24) is 9.88 Å². The van der Waals surface area contributed by atoms with Crippen LogP contribution in [0.5, 0.6) is 5.75 Å². The van der Waals surface area contributed by atoms with Crippen LogP contribution in [-0.2, 0) is 22.5 Å². The van der Waals surface area contributed by atoms with Crippen molar-refractivity contribution < 1.29 is 23.8 Å². The molecule has 2 aromatic carbocycles. The maximum Gasteiger partial charge on any atom is 0.328 e. The number of carbonyl (C=O) groups is 2. The number of phenolic OH excluding ortho intramolecular Hbond substituents is 1. The largest absolute Gasteiger partial charge is 0.508 e. The van der Waals surface area contributed by atoms with E-state index in [1.807, 2.05) is 28.8 Å². The summed E-state index contributed by atoms with van der Waals surface area (Å²) < 4.78 is 19.2. The molecule has 2 N–H and O–H groups in total. The molecule has 1 atom stereocenters. The zero-order valence-corrected chi connectivity index (χ0v) is 17.5. The number of amides is 1. The minimum atomic E-state index is -0.867. The second kappa shape index (κ2) is 10.6. The predicted octanol–water partition coefficient (Wildman–Crippen LogP) is 4.00. The molecule has 0 saturated heterocycles. The molecule has 0 aliphatic rings. The van der Waals surface area contributed by atoms with Gasteiger partial charge in [0.15, 0.2) is 0 Å². The number of methoxy groups -OCH3 is 1. The Balaban J connectivity index is 1.81. The van der Waals surface area contributed by atoms with Gasteiger partial charge in [-0.15, -0.1) is 0 Å². The number of aromatic hydroxyl groups is 1. The van der Waals surface area contributed by atoms with Crippen LogP contribution in [-0.4, -0.2) is 41.4 Å². The topological polar surface area (TPSA) is 80.6 Å². The van der Waals surface area contributed by atoms with Crippen LogP contribution in [0, 0.1) is 0 Å². The van der Waals surface area contributed by atoms with Crippen LogP contribution in [0.2, 0.25) is 0 Å². The molecule has 6 nitrogen and oxygen atoms in total. The highest BCUT2D eigenvalue weighted by Crippen LogP contribution is 2.22. The van der Waals surface area contributed by atoms with Crippen molar-refractivity contribution >= 4 is 22.8 Å². The first-order valence-electron chi connectivity index (χ1n) is 10.3. The van der Waals surface area contributed by atoms with E-state index in [2.05, 4.69) is 5.32 Å². The number of esters is 1. The molecular formula is C24H27FN2O4. The van der Waals surface area contributed by atoms with Gasteiger partial charge in [-0.05, 0) is 43.0 Å². The highest BCUT2D eigenvalue weighted by molar-refractivity contribution is 6.08. The summed E-state index contributed by atoms with van der Waals surface area (Å²) in [5.41, 5.74) is 2.17. The third-order valence-corrected chi connectivity index (χ3v) is 5.23. The first-order chi connectivity index (χ1) is 15.0. The molecule has 0 aliphatic heterocycles. The summed E-state index contributed by atoms with van der Waals surface area (Å²) in [6.07, 6.45) is 4.15. The Hall–Kier alpha value is -3.35. The summed E-state index contributed by atoms with van der Waals surface area (Å²) in [7, 11) is 1.28. The number of ether oxygens (including phenoxy) is 1. The van der Waals surface area contributed by atoms with Gasteiger partial charge in [-0.1, -0.05) is 30.3 Å². The van der Waals surface area contributed by atoms with Gasteiger partial charge in [0.05, 0.1) is 19.3 Å². The van der Waals surface area contributed by atoms with Gasteiger partial charge in [0.25, 0.3) is 5.91 Å². The summed E-state index contributed by atoms with van der Waals surface area (Å²) in [4.78, 5) is 25.4. The fourth-order valence-electron chi connectivity index (χ4n) is 3.61. The number of aromatic nitrogens is 1. The van der Waals surface area contributed by atoms with E-state index in [1.54, 1.807) is 18.3 Å². The SMILES string of the molecule is COC(=O)[C@@H](Cc1ccc(O)cc1)NC(=O)c1cn(CCCCCF)c2ccccc12. The predicted molar refractivity (Wildman–Crippen MR) is 117 cm³/mol. The number of hydrogen-bond acceptors (Lipinski definition) is 4. The second-order valence-corrected chi connectivity index (χ2v) is 7.42. The number of nitrogens with one attached hydrogen (secondary N) is 1. The van der Waals surface area contributed by atoms with Gasteiger partial charge in [-0.2, -0.15) is 0 Å². The maximum absolute atomic E-state index is 13.1. The van der Waals surface area contributed by atoms with E-state index in [9.17, 15) is 19.1 Å². The van der Waals surface area contributed by atoms with Crippen LogP contribution < -0.4 is 5.32 Å². The van der Waals surface area contributed by atoms with E-state index in [0.717, 1.165) is 29.3 Å². The zero-order chi connectivity index (χ0) is 22.2. The zero-order valence-electron chi connectivity index (χ0n) is 17.5. The molecule has 1 amide bonds. The van der Waals surface area contributed by atoms with Crippen molar-refractivity contribution in [3.05, 3.63) is 65.9 Å². The second-order valence-electron chi connectivity index (χ2n) is 7.42. The third kappa shape index (κ3) is 5.63. The van der Waals surface area contributed by atoms with Crippen molar-refractivity contribution in [1.29, 1.82) is 0 Å². The average molecular weight is 426 g/mol. The number of halogens is 1. The number of hydrogen-bond donors (Lipinski definition) is 2. The lowest BCUT2D eigenvalue weighted by Crippen LogP contribution is -2.43. The fraction of sp³-hybridized carbons (Fsp3) is 0.333. The Morgan fingerprint density at radius 2 is 1.84 bits per heavy atom. The molecule has 0 aliphatic carbocycles. The monoisotopic (exact) mass is 426 g/mol. The fourth-order valence-corrected chi connectivity index (χ4v) is 3.61. The molecule has 0 unspecified atom stereocenters. The molecule has 164 valence electrons. The van der Waals surface area contributed by atoms with Gasteiger partial charge < -0.3 is 19.7 Å². The van der Waals surface area contributed by atoms with Crippen LogP contribution >= 0.6 is 0 Å². The molecular weight excluding hydrogens is 399 g/mol. The number of rotatable bonds is 10. The summed E-state index contributed by atoms with van der Waals surface area (Å²) in [5, 5.41) is 13.0.